The lowest BCUT2D eigenvalue weighted by molar-refractivity contribution is 0.357. The van der Waals surface area contributed by atoms with Crippen LogP contribution in [0, 0.1) is 11.8 Å². The first-order valence-corrected chi connectivity index (χ1v) is 14.9. The molecule has 4 heterocycles. The number of furan rings is 1. The number of aromatic nitrogens is 1. The van der Waals surface area contributed by atoms with Gasteiger partial charge in [0.25, 0.3) is 0 Å². The Morgan fingerprint density at radius 3 is 2.40 bits per heavy atom. The third kappa shape index (κ3) is 5.30. The number of halogens is 3. The van der Waals surface area contributed by atoms with Crippen LogP contribution in [0.4, 0.5) is 11.4 Å². The van der Waals surface area contributed by atoms with E-state index in [-0.39, 0.29) is 12.1 Å². The first-order chi connectivity index (χ1) is 19.3. The predicted octanol–water partition coefficient (Wildman–Crippen LogP) is 8.96. The highest BCUT2D eigenvalue weighted by molar-refractivity contribution is 7.80. The molecule has 206 valence electrons. The summed E-state index contributed by atoms with van der Waals surface area (Å²) in [7, 11) is 0. The summed E-state index contributed by atoms with van der Waals surface area (Å²) in [6, 6.07) is 20.9. The lowest BCUT2D eigenvalue weighted by Crippen LogP contribution is -2.38. The number of benzene rings is 2. The molecule has 0 radical (unpaired) electrons. The molecular formula is C31H29Cl3N4OS. The van der Waals surface area contributed by atoms with E-state index in [1.54, 1.807) is 18.3 Å². The van der Waals surface area contributed by atoms with Crippen LogP contribution in [0.2, 0.25) is 15.1 Å². The van der Waals surface area contributed by atoms with Crippen molar-refractivity contribution in [1.29, 1.82) is 0 Å². The first kappa shape index (κ1) is 27.4. The fourth-order valence-electron chi connectivity index (χ4n) is 6.00. The Balaban J connectivity index is 1.38. The molecule has 2 aromatic heterocycles. The zero-order chi connectivity index (χ0) is 28.0. The molecule has 2 saturated heterocycles. The topological polar surface area (TPSA) is 44.5 Å². The number of rotatable bonds is 5. The molecular weight excluding hydrogens is 583 g/mol. The van der Waals surface area contributed by atoms with Crippen molar-refractivity contribution < 1.29 is 4.42 Å². The molecule has 2 aliphatic rings. The zero-order valence-electron chi connectivity index (χ0n) is 22.2. The molecule has 0 bridgehead atoms. The number of thiocarbonyl (C=S) groups is 1. The number of piperidine rings is 1. The monoisotopic (exact) mass is 610 g/mol. The second-order valence-electron chi connectivity index (χ2n) is 10.8. The Morgan fingerprint density at radius 2 is 1.70 bits per heavy atom. The molecule has 0 amide bonds. The van der Waals surface area contributed by atoms with E-state index in [1.807, 2.05) is 42.5 Å². The number of anilines is 2. The van der Waals surface area contributed by atoms with Crippen molar-refractivity contribution in [3.63, 3.8) is 0 Å². The van der Waals surface area contributed by atoms with E-state index in [0.29, 0.717) is 37.8 Å². The molecule has 0 spiro atoms. The smallest absolute Gasteiger partial charge is 0.174 e. The first-order valence-electron chi connectivity index (χ1n) is 13.4. The van der Waals surface area contributed by atoms with Gasteiger partial charge in [-0.3, -0.25) is 4.98 Å². The summed E-state index contributed by atoms with van der Waals surface area (Å²) in [6.45, 7) is 6.61. The molecule has 6 rings (SSSR count). The minimum atomic E-state index is -0.295. The Kier molecular flexibility index (Phi) is 7.71. The van der Waals surface area contributed by atoms with E-state index in [1.165, 1.54) is 6.42 Å². The second-order valence-corrected chi connectivity index (χ2v) is 12.4. The van der Waals surface area contributed by atoms with Crippen molar-refractivity contribution in [3.8, 4) is 11.3 Å². The van der Waals surface area contributed by atoms with Gasteiger partial charge in [0.1, 0.15) is 17.6 Å². The van der Waals surface area contributed by atoms with Crippen LogP contribution in [-0.2, 0) is 0 Å². The van der Waals surface area contributed by atoms with Gasteiger partial charge in [0.15, 0.2) is 5.11 Å². The van der Waals surface area contributed by atoms with Crippen molar-refractivity contribution in [2.45, 2.75) is 32.4 Å². The van der Waals surface area contributed by atoms with Crippen molar-refractivity contribution >= 4 is 63.5 Å². The van der Waals surface area contributed by atoms with Crippen LogP contribution >= 0.6 is 47.0 Å². The fraction of sp³-hybridized carbons (Fsp3) is 0.290. The highest BCUT2D eigenvalue weighted by Gasteiger charge is 2.43. The molecule has 1 N–H and O–H groups in total. The van der Waals surface area contributed by atoms with E-state index in [4.69, 9.17) is 51.4 Å². The fourth-order valence-corrected chi connectivity index (χ4v) is 6.94. The minimum absolute atomic E-state index is 0.233. The quantitative estimate of drug-likeness (QED) is 0.227. The third-order valence-corrected chi connectivity index (χ3v) is 9.00. The Labute approximate surface area is 255 Å². The highest BCUT2D eigenvalue weighted by atomic mass is 35.5. The molecule has 0 aliphatic carbocycles. The molecule has 4 atom stereocenters. The average Bonchev–Trinajstić information content (AvgIpc) is 3.55. The summed E-state index contributed by atoms with van der Waals surface area (Å²) >= 11 is 25.3. The third-order valence-electron chi connectivity index (χ3n) is 7.64. The van der Waals surface area contributed by atoms with E-state index in [9.17, 15) is 0 Å². The largest absolute Gasteiger partial charge is 0.459 e. The summed E-state index contributed by atoms with van der Waals surface area (Å²) in [5.41, 5.74) is 3.65. The van der Waals surface area contributed by atoms with Crippen LogP contribution in [0.25, 0.3) is 11.3 Å². The van der Waals surface area contributed by atoms with Gasteiger partial charge in [-0.25, -0.2) is 0 Å². The molecule has 4 aromatic rings. The van der Waals surface area contributed by atoms with Gasteiger partial charge in [-0.15, -0.1) is 0 Å². The van der Waals surface area contributed by atoms with Gasteiger partial charge < -0.3 is 19.5 Å². The molecule has 2 fully saturated rings. The van der Waals surface area contributed by atoms with Crippen LogP contribution in [0.3, 0.4) is 0 Å². The normalized spacial score (nSPS) is 23.0. The summed E-state index contributed by atoms with van der Waals surface area (Å²) < 4.78 is 6.46. The summed E-state index contributed by atoms with van der Waals surface area (Å²) in [6.07, 6.45) is 3.03. The molecule has 5 nitrogen and oxygen atoms in total. The van der Waals surface area contributed by atoms with Crippen molar-refractivity contribution in [1.82, 2.24) is 10.3 Å². The number of hydrogen-bond donors (Lipinski definition) is 1. The average molecular weight is 612 g/mol. The van der Waals surface area contributed by atoms with Gasteiger partial charge in [0.2, 0.25) is 0 Å². The second kappa shape index (κ2) is 11.2. The maximum absolute atomic E-state index is 6.95. The summed E-state index contributed by atoms with van der Waals surface area (Å²) in [5, 5.41) is 5.74. The highest BCUT2D eigenvalue weighted by Crippen LogP contribution is 2.45. The SMILES string of the molecule is C[C@@H]1C[C@H](C)CN(c2ccc(N3C(=S)N[C@H](c4ccccn4)[C@H]3c3ccc(-c4ccc(Cl)c(Cl)c4)o3)cc2Cl)C1. The van der Waals surface area contributed by atoms with E-state index >= 15 is 0 Å². The minimum Gasteiger partial charge on any atom is -0.459 e. The molecule has 2 aliphatic heterocycles. The van der Waals surface area contributed by atoms with Gasteiger partial charge in [0, 0.05) is 30.5 Å². The van der Waals surface area contributed by atoms with Crippen molar-refractivity contribution in [2.75, 3.05) is 22.9 Å². The predicted molar refractivity (Wildman–Crippen MR) is 169 cm³/mol. The van der Waals surface area contributed by atoms with Gasteiger partial charge in [-0.1, -0.05) is 54.7 Å². The number of nitrogens with one attached hydrogen (secondary N) is 1. The Morgan fingerprint density at radius 1 is 0.900 bits per heavy atom. The van der Waals surface area contributed by atoms with Gasteiger partial charge in [-0.05, 0) is 91.1 Å². The molecule has 0 saturated carbocycles. The lowest BCUT2D eigenvalue weighted by atomic mass is 9.91. The lowest BCUT2D eigenvalue weighted by Gasteiger charge is -2.37. The Hall–Kier alpha value is -2.77. The van der Waals surface area contributed by atoms with E-state index in [2.05, 4.69) is 46.1 Å². The van der Waals surface area contributed by atoms with E-state index in [0.717, 1.165) is 41.5 Å². The van der Waals surface area contributed by atoms with Crippen LogP contribution in [0.1, 0.15) is 43.8 Å². The van der Waals surface area contributed by atoms with E-state index < -0.39 is 0 Å². The van der Waals surface area contributed by atoms with Gasteiger partial charge >= 0.3 is 0 Å². The molecule has 2 aromatic carbocycles. The number of hydrogen-bond acceptors (Lipinski definition) is 4. The van der Waals surface area contributed by atoms with Crippen molar-refractivity contribution in [2.24, 2.45) is 11.8 Å². The van der Waals surface area contributed by atoms with Crippen LogP contribution in [0.5, 0.6) is 0 Å². The van der Waals surface area contributed by atoms with Gasteiger partial charge in [-0.2, -0.15) is 0 Å². The molecule has 0 unspecified atom stereocenters. The van der Waals surface area contributed by atoms with Crippen molar-refractivity contribution in [3.05, 3.63) is 99.4 Å². The zero-order valence-corrected chi connectivity index (χ0v) is 25.2. The summed E-state index contributed by atoms with van der Waals surface area (Å²) in [5.74, 6) is 2.68. The maximum atomic E-state index is 6.95. The molecule has 9 heteroatoms. The number of pyridine rings is 1. The Bertz CT molecular complexity index is 1530. The van der Waals surface area contributed by atoms with Crippen LogP contribution in [0.15, 0.2) is 77.3 Å². The van der Waals surface area contributed by atoms with Gasteiger partial charge in [0.05, 0.1) is 32.5 Å². The maximum Gasteiger partial charge on any atom is 0.174 e. The van der Waals surface area contributed by atoms with Crippen LogP contribution in [-0.4, -0.2) is 23.2 Å². The van der Waals surface area contributed by atoms with Crippen LogP contribution < -0.4 is 15.1 Å². The molecule has 40 heavy (non-hydrogen) atoms. The summed E-state index contributed by atoms with van der Waals surface area (Å²) in [4.78, 5) is 9.11. The standard InChI is InChI=1S/C31H29Cl3N4OS/c1-18-13-19(2)17-37(16-18)26-9-7-21(15-24(26)34)38-30(29(36-31(38)40)25-5-3-4-12-35-25)28-11-10-27(39-28)20-6-8-22(32)23(33)14-20/h3-12,14-15,18-19,29-30H,13,16-17H2,1-2H3,(H,36,40)/t18-,19+,29-,30-/m1/s1. The number of nitrogens with zero attached hydrogens (tertiary/aromatic N) is 3.